The van der Waals surface area contributed by atoms with Gasteiger partial charge in [0, 0.05) is 43.7 Å². The van der Waals surface area contributed by atoms with E-state index in [4.69, 9.17) is 0 Å². The van der Waals surface area contributed by atoms with Gasteiger partial charge in [-0.15, -0.1) is 0 Å². The Kier molecular flexibility index (Phi) is 3.97. The van der Waals surface area contributed by atoms with Crippen LogP contribution in [0.25, 0.3) is 76.6 Å². The Morgan fingerprint density at radius 1 is 0.361 bits per heavy atom. The molecule has 0 spiro atoms. The van der Waals surface area contributed by atoms with Gasteiger partial charge in [0.25, 0.3) is 0 Å². The lowest BCUT2D eigenvalue weighted by molar-refractivity contribution is 1.53. The van der Waals surface area contributed by atoms with E-state index in [1.807, 2.05) is 0 Å². The van der Waals surface area contributed by atoms with Crippen LogP contribution in [-0.4, -0.2) is 9.97 Å². The van der Waals surface area contributed by atoms with E-state index >= 15 is 0 Å². The number of hydrogen-bond donors (Lipinski definition) is 2. The number of para-hydroxylation sites is 2. The second-order valence-corrected chi connectivity index (χ2v) is 9.57. The quantitative estimate of drug-likeness (QED) is 0.258. The third kappa shape index (κ3) is 2.79. The second kappa shape index (κ2) is 7.34. The van der Waals surface area contributed by atoms with Crippen molar-refractivity contribution in [2.24, 2.45) is 0 Å². The van der Waals surface area contributed by atoms with Crippen molar-refractivity contribution in [3.63, 3.8) is 0 Å². The first-order valence-corrected chi connectivity index (χ1v) is 12.4. The molecule has 8 aromatic rings. The molecular formula is C34H22N2. The van der Waals surface area contributed by atoms with Crippen LogP contribution >= 0.6 is 0 Å². The van der Waals surface area contributed by atoms with Gasteiger partial charge in [0.15, 0.2) is 0 Å². The molecular weight excluding hydrogens is 436 g/mol. The van der Waals surface area contributed by atoms with E-state index in [1.54, 1.807) is 0 Å². The highest BCUT2D eigenvalue weighted by Crippen LogP contribution is 2.40. The van der Waals surface area contributed by atoms with Crippen LogP contribution in [0.15, 0.2) is 121 Å². The number of hydrogen-bond acceptors (Lipinski definition) is 0. The van der Waals surface area contributed by atoms with E-state index < -0.39 is 0 Å². The molecule has 2 N–H and O–H groups in total. The average molecular weight is 459 g/mol. The van der Waals surface area contributed by atoms with Crippen molar-refractivity contribution in [2.75, 3.05) is 0 Å². The molecule has 0 fully saturated rings. The fourth-order valence-corrected chi connectivity index (χ4v) is 5.82. The van der Waals surface area contributed by atoms with Gasteiger partial charge in [0.1, 0.15) is 0 Å². The fourth-order valence-electron chi connectivity index (χ4n) is 5.82. The number of fused-ring (bicyclic) bond motifs is 7. The number of aromatic nitrogens is 2. The molecule has 0 saturated carbocycles. The maximum absolute atomic E-state index is 3.73. The summed E-state index contributed by atoms with van der Waals surface area (Å²) < 4.78 is 0. The molecule has 36 heavy (non-hydrogen) atoms. The Morgan fingerprint density at radius 3 is 1.86 bits per heavy atom. The van der Waals surface area contributed by atoms with Crippen molar-refractivity contribution in [2.45, 2.75) is 0 Å². The van der Waals surface area contributed by atoms with Crippen LogP contribution in [-0.2, 0) is 0 Å². The maximum atomic E-state index is 3.73. The zero-order valence-corrected chi connectivity index (χ0v) is 19.5. The van der Waals surface area contributed by atoms with Crippen molar-refractivity contribution in [3.05, 3.63) is 121 Å². The minimum atomic E-state index is 1.17. The molecule has 0 amide bonds. The lowest BCUT2D eigenvalue weighted by Crippen LogP contribution is -1.87. The van der Waals surface area contributed by atoms with Gasteiger partial charge in [-0.2, -0.15) is 0 Å². The minimum absolute atomic E-state index is 1.17. The number of benzene rings is 6. The van der Waals surface area contributed by atoms with Gasteiger partial charge in [0.05, 0.1) is 5.52 Å². The summed E-state index contributed by atoms with van der Waals surface area (Å²) in [7, 11) is 0. The summed E-state index contributed by atoms with van der Waals surface area (Å²) in [4.78, 5) is 7.29. The lowest BCUT2D eigenvalue weighted by atomic mass is 9.92. The number of aromatic amines is 2. The van der Waals surface area contributed by atoms with E-state index in [9.17, 15) is 0 Å². The summed E-state index contributed by atoms with van der Waals surface area (Å²) in [5, 5.41) is 7.55. The first-order chi connectivity index (χ1) is 17.8. The van der Waals surface area contributed by atoms with Crippen LogP contribution in [0.4, 0.5) is 0 Å². The van der Waals surface area contributed by atoms with Gasteiger partial charge in [-0.3, -0.25) is 0 Å². The summed E-state index contributed by atoms with van der Waals surface area (Å²) in [5.74, 6) is 0. The Morgan fingerprint density at radius 2 is 1.00 bits per heavy atom. The third-order valence-corrected chi connectivity index (χ3v) is 7.53. The van der Waals surface area contributed by atoms with Gasteiger partial charge in [-0.1, -0.05) is 84.9 Å². The summed E-state index contributed by atoms with van der Waals surface area (Å²) >= 11 is 0. The van der Waals surface area contributed by atoms with Crippen LogP contribution in [0.1, 0.15) is 0 Å². The van der Waals surface area contributed by atoms with E-state index in [2.05, 4.69) is 131 Å². The number of H-pyrrole nitrogens is 2. The molecule has 8 rings (SSSR count). The van der Waals surface area contributed by atoms with Crippen LogP contribution in [0.5, 0.6) is 0 Å². The van der Waals surface area contributed by atoms with Crippen molar-refractivity contribution in [1.29, 1.82) is 0 Å². The van der Waals surface area contributed by atoms with Crippen molar-refractivity contribution < 1.29 is 0 Å². The Hall–Kier alpha value is -4.82. The highest BCUT2D eigenvalue weighted by atomic mass is 14.7. The molecule has 2 heterocycles. The molecule has 0 unspecified atom stereocenters. The van der Waals surface area contributed by atoms with Gasteiger partial charge in [-0.25, -0.2) is 0 Å². The molecule has 0 radical (unpaired) electrons. The number of nitrogens with one attached hydrogen (secondary N) is 2. The van der Waals surface area contributed by atoms with Crippen LogP contribution in [0.3, 0.4) is 0 Å². The Balaban J connectivity index is 1.47. The first-order valence-electron chi connectivity index (χ1n) is 12.4. The molecule has 6 aromatic carbocycles. The zero-order chi connectivity index (χ0) is 23.6. The molecule has 2 aromatic heterocycles. The normalized spacial score (nSPS) is 11.9. The molecule has 0 aliphatic heterocycles. The minimum Gasteiger partial charge on any atom is -0.355 e. The molecule has 2 nitrogen and oxygen atoms in total. The highest BCUT2D eigenvalue weighted by molar-refractivity contribution is 6.16. The lowest BCUT2D eigenvalue weighted by Gasteiger charge is -2.12. The van der Waals surface area contributed by atoms with E-state index in [1.165, 1.54) is 76.6 Å². The summed E-state index contributed by atoms with van der Waals surface area (Å²) in [5.41, 5.74) is 9.62. The molecule has 0 aliphatic rings. The highest BCUT2D eigenvalue weighted by Gasteiger charge is 2.15. The van der Waals surface area contributed by atoms with Gasteiger partial charge in [0.2, 0.25) is 0 Å². The SMILES string of the molecule is c1ccc2c(-c3cc(-c4ccc5[nH]c6ccccc6c5c4)cc4c3[nH]c3ccccc34)cccc2c1. The number of rotatable bonds is 2. The van der Waals surface area contributed by atoms with Crippen LogP contribution < -0.4 is 0 Å². The van der Waals surface area contributed by atoms with Crippen LogP contribution in [0.2, 0.25) is 0 Å². The maximum Gasteiger partial charge on any atom is 0.0545 e. The van der Waals surface area contributed by atoms with Gasteiger partial charge < -0.3 is 9.97 Å². The van der Waals surface area contributed by atoms with Crippen molar-refractivity contribution in [1.82, 2.24) is 9.97 Å². The monoisotopic (exact) mass is 458 g/mol. The largest absolute Gasteiger partial charge is 0.355 e. The average Bonchev–Trinajstić information content (AvgIpc) is 3.50. The van der Waals surface area contributed by atoms with Gasteiger partial charge >= 0.3 is 0 Å². The molecule has 2 heteroatoms. The summed E-state index contributed by atoms with van der Waals surface area (Å²) in [6.45, 7) is 0. The van der Waals surface area contributed by atoms with Gasteiger partial charge in [-0.05, 0) is 63.9 Å². The third-order valence-electron chi connectivity index (χ3n) is 7.53. The zero-order valence-electron chi connectivity index (χ0n) is 19.5. The molecule has 0 bridgehead atoms. The van der Waals surface area contributed by atoms with E-state index in [-0.39, 0.29) is 0 Å². The molecule has 168 valence electrons. The smallest absolute Gasteiger partial charge is 0.0545 e. The van der Waals surface area contributed by atoms with E-state index in [0.717, 1.165) is 0 Å². The Labute approximate surface area is 207 Å². The second-order valence-electron chi connectivity index (χ2n) is 9.57. The predicted octanol–water partition coefficient (Wildman–Crippen LogP) is 9.44. The molecule has 0 saturated heterocycles. The fraction of sp³-hybridized carbons (Fsp3) is 0. The summed E-state index contributed by atoms with van der Waals surface area (Å²) in [6, 6.07) is 43.9. The summed E-state index contributed by atoms with van der Waals surface area (Å²) in [6.07, 6.45) is 0. The van der Waals surface area contributed by atoms with Crippen molar-refractivity contribution in [3.8, 4) is 22.3 Å². The van der Waals surface area contributed by atoms with E-state index in [0.29, 0.717) is 0 Å². The van der Waals surface area contributed by atoms with Crippen molar-refractivity contribution >= 4 is 54.4 Å². The topological polar surface area (TPSA) is 31.6 Å². The Bertz CT molecular complexity index is 2100. The van der Waals surface area contributed by atoms with Crippen LogP contribution in [0, 0.1) is 0 Å². The first kappa shape index (κ1) is 19.5. The predicted molar refractivity (Wildman–Crippen MR) is 154 cm³/mol. The molecule has 0 aliphatic carbocycles. The molecule has 0 atom stereocenters. The standard InChI is InChI=1S/C34H22N2/c1-2-10-24-21(8-1)9-7-13-25(24)29-19-23(20-30-27-12-4-6-15-32(27)36-34(29)30)22-16-17-33-28(18-22)26-11-3-5-14-31(26)35-33/h1-20,35-36H.